The monoisotopic (exact) mass is 312 g/mol. The highest BCUT2D eigenvalue weighted by atomic mass is 79.9. The molecule has 0 saturated heterocycles. The van der Waals surface area contributed by atoms with E-state index in [-0.39, 0.29) is 5.54 Å². The van der Waals surface area contributed by atoms with Crippen molar-refractivity contribution < 1.29 is 0 Å². The third kappa shape index (κ3) is 2.78. The molecule has 5 heteroatoms. The third-order valence-corrected chi connectivity index (χ3v) is 4.39. The lowest BCUT2D eigenvalue weighted by molar-refractivity contribution is 0.172. The van der Waals surface area contributed by atoms with E-state index in [1.165, 1.54) is 25.7 Å². The van der Waals surface area contributed by atoms with Gasteiger partial charge < -0.3 is 16.0 Å². The molecule has 1 aliphatic carbocycles. The maximum absolute atomic E-state index is 5.96. The van der Waals surface area contributed by atoms with Crippen LogP contribution >= 0.6 is 15.9 Å². The summed E-state index contributed by atoms with van der Waals surface area (Å²) in [6, 6.07) is 1.88. The number of likely N-dealkylation sites (N-methyl/N-ethyl adjacent to an activating group) is 1. The molecule has 1 fully saturated rings. The Hall–Kier alpha value is -0.810. The number of nitrogens with zero attached hydrogens (tertiary/aromatic N) is 2. The van der Waals surface area contributed by atoms with Crippen molar-refractivity contribution in [1.29, 1.82) is 0 Å². The van der Waals surface area contributed by atoms with E-state index in [0.29, 0.717) is 5.69 Å². The molecule has 1 aromatic rings. The molecule has 0 aliphatic heterocycles. The van der Waals surface area contributed by atoms with E-state index in [1.54, 1.807) is 6.20 Å². The Morgan fingerprint density at radius 1 is 1.44 bits per heavy atom. The second-order valence-corrected chi connectivity index (χ2v) is 6.19. The Kier molecular flexibility index (Phi) is 4.12. The van der Waals surface area contributed by atoms with Gasteiger partial charge in [0.1, 0.15) is 5.82 Å². The molecule has 0 amide bonds. The minimum absolute atomic E-state index is 0.251. The molecule has 3 N–H and O–H groups in total. The number of hydrogen-bond acceptors (Lipinski definition) is 4. The summed E-state index contributed by atoms with van der Waals surface area (Å²) < 4.78 is 0.911. The first-order chi connectivity index (χ1) is 8.53. The molecule has 100 valence electrons. The van der Waals surface area contributed by atoms with E-state index < -0.39 is 0 Å². The zero-order valence-electron chi connectivity index (χ0n) is 11.0. The minimum atomic E-state index is 0.251. The van der Waals surface area contributed by atoms with Gasteiger partial charge in [0, 0.05) is 22.8 Å². The predicted molar refractivity (Wildman–Crippen MR) is 79.7 cm³/mol. The van der Waals surface area contributed by atoms with Crippen molar-refractivity contribution in [1.82, 2.24) is 9.88 Å². The van der Waals surface area contributed by atoms with Gasteiger partial charge in [-0.3, -0.25) is 0 Å². The average Bonchev–Trinajstić information content (AvgIpc) is 2.78. The minimum Gasteiger partial charge on any atom is -0.396 e. The Labute approximate surface area is 117 Å². The number of nitrogens with one attached hydrogen (secondary N) is 1. The molecule has 2 rings (SSSR count). The van der Waals surface area contributed by atoms with Gasteiger partial charge in [-0.05, 0) is 48.9 Å². The van der Waals surface area contributed by atoms with Crippen LogP contribution in [0.4, 0.5) is 11.5 Å². The van der Waals surface area contributed by atoms with Crippen LogP contribution in [0.5, 0.6) is 0 Å². The summed E-state index contributed by atoms with van der Waals surface area (Å²) in [5.74, 6) is 0.784. The summed E-state index contributed by atoms with van der Waals surface area (Å²) in [7, 11) is 4.32. The van der Waals surface area contributed by atoms with Crippen molar-refractivity contribution in [3.63, 3.8) is 0 Å². The highest BCUT2D eigenvalue weighted by Crippen LogP contribution is 2.34. The smallest absolute Gasteiger partial charge is 0.149 e. The van der Waals surface area contributed by atoms with Crippen LogP contribution in [0.25, 0.3) is 0 Å². The van der Waals surface area contributed by atoms with Gasteiger partial charge in [0.15, 0.2) is 0 Å². The van der Waals surface area contributed by atoms with Crippen molar-refractivity contribution >= 4 is 27.4 Å². The summed E-state index contributed by atoms with van der Waals surface area (Å²) in [5, 5.41) is 3.41. The maximum atomic E-state index is 5.96. The number of nitrogens with two attached hydrogens (primary N) is 1. The Balaban J connectivity index is 2.06. The van der Waals surface area contributed by atoms with Crippen LogP contribution in [-0.4, -0.2) is 36.1 Å². The fourth-order valence-corrected chi connectivity index (χ4v) is 3.02. The molecule has 1 saturated carbocycles. The number of pyridine rings is 1. The first-order valence-electron chi connectivity index (χ1n) is 6.36. The van der Waals surface area contributed by atoms with Gasteiger partial charge in [0.2, 0.25) is 0 Å². The van der Waals surface area contributed by atoms with Gasteiger partial charge in [-0.1, -0.05) is 12.8 Å². The molecule has 0 aromatic carbocycles. The first kappa shape index (κ1) is 13.6. The summed E-state index contributed by atoms with van der Waals surface area (Å²) >= 11 is 3.37. The highest BCUT2D eigenvalue weighted by molar-refractivity contribution is 9.10. The highest BCUT2D eigenvalue weighted by Gasteiger charge is 2.35. The van der Waals surface area contributed by atoms with Gasteiger partial charge in [-0.15, -0.1) is 0 Å². The number of halogens is 1. The Morgan fingerprint density at radius 3 is 2.67 bits per heavy atom. The maximum Gasteiger partial charge on any atom is 0.149 e. The van der Waals surface area contributed by atoms with Crippen LogP contribution in [0.1, 0.15) is 25.7 Å². The molecule has 0 unspecified atom stereocenters. The fourth-order valence-electron chi connectivity index (χ4n) is 2.67. The van der Waals surface area contributed by atoms with Crippen LogP contribution in [0.15, 0.2) is 16.7 Å². The molecule has 4 nitrogen and oxygen atoms in total. The molecule has 0 atom stereocenters. The Bertz CT molecular complexity index is 413. The van der Waals surface area contributed by atoms with E-state index in [2.05, 4.69) is 45.2 Å². The number of rotatable bonds is 4. The fraction of sp³-hybridized carbons (Fsp3) is 0.615. The van der Waals surface area contributed by atoms with Crippen LogP contribution in [0.3, 0.4) is 0 Å². The summed E-state index contributed by atoms with van der Waals surface area (Å²) in [6.07, 6.45) is 6.87. The van der Waals surface area contributed by atoms with Crippen molar-refractivity contribution in [2.24, 2.45) is 0 Å². The standard InChI is InChI=1S/C13H21BrN4/c1-18(2)13(5-3-4-6-13)9-17-12-11(15)7-10(14)8-16-12/h7-8H,3-6,9,15H2,1-2H3,(H,16,17). The number of nitrogen functional groups attached to an aromatic ring is 1. The van der Waals surface area contributed by atoms with Crippen molar-refractivity contribution in [3.8, 4) is 0 Å². The molecule has 0 spiro atoms. The molecular formula is C13H21BrN4. The quantitative estimate of drug-likeness (QED) is 0.897. The van der Waals surface area contributed by atoms with E-state index in [1.807, 2.05) is 6.07 Å². The molecule has 18 heavy (non-hydrogen) atoms. The van der Waals surface area contributed by atoms with Crippen molar-refractivity contribution in [2.45, 2.75) is 31.2 Å². The first-order valence-corrected chi connectivity index (χ1v) is 7.15. The van der Waals surface area contributed by atoms with Gasteiger partial charge in [0.05, 0.1) is 5.69 Å². The topological polar surface area (TPSA) is 54.2 Å². The van der Waals surface area contributed by atoms with Gasteiger partial charge in [0.25, 0.3) is 0 Å². The van der Waals surface area contributed by atoms with Crippen LogP contribution in [0.2, 0.25) is 0 Å². The Morgan fingerprint density at radius 2 is 2.11 bits per heavy atom. The SMILES string of the molecule is CN(C)C1(CNc2ncc(Br)cc2N)CCCC1. The van der Waals surface area contributed by atoms with Crippen LogP contribution in [-0.2, 0) is 0 Å². The largest absolute Gasteiger partial charge is 0.396 e. The van der Waals surface area contributed by atoms with Gasteiger partial charge in [-0.25, -0.2) is 4.98 Å². The molecule has 0 bridgehead atoms. The van der Waals surface area contributed by atoms with E-state index in [4.69, 9.17) is 5.73 Å². The van der Waals surface area contributed by atoms with E-state index in [9.17, 15) is 0 Å². The summed E-state index contributed by atoms with van der Waals surface area (Å²) in [5.41, 5.74) is 6.90. The molecular weight excluding hydrogens is 292 g/mol. The molecule has 0 radical (unpaired) electrons. The predicted octanol–water partition coefficient (Wildman–Crippen LogP) is 2.71. The van der Waals surface area contributed by atoms with Crippen LogP contribution in [0, 0.1) is 0 Å². The second kappa shape index (κ2) is 5.45. The number of anilines is 2. The third-order valence-electron chi connectivity index (χ3n) is 3.95. The molecule has 1 aromatic heterocycles. The zero-order valence-corrected chi connectivity index (χ0v) is 12.6. The van der Waals surface area contributed by atoms with E-state index >= 15 is 0 Å². The van der Waals surface area contributed by atoms with E-state index in [0.717, 1.165) is 16.8 Å². The normalized spacial score (nSPS) is 18.2. The van der Waals surface area contributed by atoms with Crippen LogP contribution < -0.4 is 11.1 Å². The lowest BCUT2D eigenvalue weighted by atomic mass is 9.96. The van der Waals surface area contributed by atoms with Crippen molar-refractivity contribution in [3.05, 3.63) is 16.7 Å². The summed E-state index contributed by atoms with van der Waals surface area (Å²) in [6.45, 7) is 0.902. The number of aromatic nitrogens is 1. The second-order valence-electron chi connectivity index (χ2n) is 5.27. The van der Waals surface area contributed by atoms with Gasteiger partial charge in [-0.2, -0.15) is 0 Å². The zero-order chi connectivity index (χ0) is 13.2. The lowest BCUT2D eigenvalue weighted by Gasteiger charge is -2.36. The molecule has 1 heterocycles. The average molecular weight is 313 g/mol. The number of hydrogen-bond donors (Lipinski definition) is 2. The van der Waals surface area contributed by atoms with Gasteiger partial charge >= 0.3 is 0 Å². The summed E-state index contributed by atoms with van der Waals surface area (Å²) in [4.78, 5) is 6.66. The lowest BCUT2D eigenvalue weighted by Crippen LogP contribution is -2.47. The molecule has 1 aliphatic rings. The van der Waals surface area contributed by atoms with Crippen molar-refractivity contribution in [2.75, 3.05) is 31.7 Å².